The summed E-state index contributed by atoms with van der Waals surface area (Å²) in [5.74, 6) is 0.775. The Hall–Kier alpha value is -2.26. The topological polar surface area (TPSA) is 79.1 Å². The average Bonchev–Trinajstić information content (AvgIpc) is 3.24. The van der Waals surface area contributed by atoms with E-state index in [2.05, 4.69) is 31.3 Å². The SMILES string of the molecule is COc1ccc(COC(=O)Cn2nnc(-c3ccsc3)n2)cc1Br. The first-order chi connectivity index (χ1) is 11.7. The van der Waals surface area contributed by atoms with Gasteiger partial charge < -0.3 is 9.47 Å². The van der Waals surface area contributed by atoms with Gasteiger partial charge in [-0.15, -0.1) is 10.2 Å². The molecule has 9 heteroatoms. The van der Waals surface area contributed by atoms with Crippen LogP contribution in [0.25, 0.3) is 11.4 Å². The van der Waals surface area contributed by atoms with Crippen LogP contribution in [0.5, 0.6) is 5.75 Å². The molecule has 0 bridgehead atoms. The van der Waals surface area contributed by atoms with Crippen LogP contribution in [-0.2, 0) is 22.7 Å². The Labute approximate surface area is 150 Å². The zero-order chi connectivity index (χ0) is 16.9. The molecule has 0 aliphatic carbocycles. The number of aromatic nitrogens is 4. The van der Waals surface area contributed by atoms with Gasteiger partial charge in [0.2, 0.25) is 5.82 Å². The number of halogens is 1. The summed E-state index contributed by atoms with van der Waals surface area (Å²) >= 11 is 4.94. The molecule has 0 saturated heterocycles. The van der Waals surface area contributed by atoms with Crippen LogP contribution in [0, 0.1) is 0 Å². The molecule has 0 N–H and O–H groups in total. The smallest absolute Gasteiger partial charge is 0.330 e. The van der Waals surface area contributed by atoms with Crippen molar-refractivity contribution in [3.05, 3.63) is 45.1 Å². The number of carbonyl (C=O) groups excluding carboxylic acids is 1. The van der Waals surface area contributed by atoms with Crippen LogP contribution in [0.2, 0.25) is 0 Å². The third-order valence-corrected chi connectivity index (χ3v) is 4.42. The number of ether oxygens (including phenoxy) is 2. The number of benzene rings is 1. The monoisotopic (exact) mass is 408 g/mol. The predicted octanol–water partition coefficient (Wildman–Crippen LogP) is 2.92. The van der Waals surface area contributed by atoms with Crippen LogP contribution in [0.4, 0.5) is 0 Å². The third-order valence-electron chi connectivity index (χ3n) is 3.12. The molecule has 24 heavy (non-hydrogen) atoms. The highest BCUT2D eigenvalue weighted by molar-refractivity contribution is 9.10. The molecule has 1 aromatic carbocycles. The maximum absolute atomic E-state index is 11.9. The molecule has 0 atom stereocenters. The van der Waals surface area contributed by atoms with Crippen molar-refractivity contribution in [2.24, 2.45) is 0 Å². The van der Waals surface area contributed by atoms with Crippen molar-refractivity contribution in [1.82, 2.24) is 20.2 Å². The summed E-state index contributed by atoms with van der Waals surface area (Å²) in [5.41, 5.74) is 1.73. The first kappa shape index (κ1) is 16.6. The van der Waals surface area contributed by atoms with Gasteiger partial charge in [0.25, 0.3) is 0 Å². The minimum atomic E-state index is -0.434. The van der Waals surface area contributed by atoms with E-state index in [-0.39, 0.29) is 13.2 Å². The van der Waals surface area contributed by atoms with Crippen LogP contribution >= 0.6 is 27.3 Å². The summed E-state index contributed by atoms with van der Waals surface area (Å²) in [7, 11) is 1.59. The number of carbonyl (C=O) groups is 1. The summed E-state index contributed by atoms with van der Waals surface area (Å²) in [6.45, 7) is 0.0714. The molecular weight excluding hydrogens is 396 g/mol. The van der Waals surface area contributed by atoms with Gasteiger partial charge >= 0.3 is 5.97 Å². The minimum Gasteiger partial charge on any atom is -0.496 e. The lowest BCUT2D eigenvalue weighted by Crippen LogP contribution is -2.15. The molecule has 0 aliphatic rings. The molecule has 3 aromatic rings. The second-order valence-corrected chi connectivity index (χ2v) is 6.42. The number of hydrogen-bond acceptors (Lipinski definition) is 7. The Balaban J connectivity index is 1.55. The molecule has 7 nitrogen and oxygen atoms in total. The van der Waals surface area contributed by atoms with Crippen molar-refractivity contribution in [3.63, 3.8) is 0 Å². The fraction of sp³-hybridized carbons (Fsp3) is 0.200. The second-order valence-electron chi connectivity index (χ2n) is 4.79. The molecule has 0 fully saturated rings. The molecular formula is C15H13BrN4O3S. The third kappa shape index (κ3) is 3.98. The number of tetrazole rings is 1. The maximum atomic E-state index is 11.9. The summed E-state index contributed by atoms with van der Waals surface area (Å²) in [4.78, 5) is 13.1. The van der Waals surface area contributed by atoms with Crippen LogP contribution in [0.15, 0.2) is 39.5 Å². The van der Waals surface area contributed by atoms with Crippen LogP contribution in [-0.4, -0.2) is 33.3 Å². The van der Waals surface area contributed by atoms with Gasteiger partial charge in [-0.05, 0) is 50.3 Å². The summed E-state index contributed by atoms with van der Waals surface area (Å²) in [6, 6.07) is 7.37. The Morgan fingerprint density at radius 2 is 2.25 bits per heavy atom. The molecule has 0 aliphatic heterocycles. The number of methoxy groups -OCH3 is 1. The Kier molecular flexibility index (Phi) is 5.21. The van der Waals surface area contributed by atoms with Gasteiger partial charge in [-0.3, -0.25) is 0 Å². The van der Waals surface area contributed by atoms with E-state index in [4.69, 9.17) is 9.47 Å². The zero-order valence-corrected chi connectivity index (χ0v) is 15.1. The Morgan fingerprint density at radius 1 is 1.38 bits per heavy atom. The number of rotatable bonds is 6. The van der Waals surface area contributed by atoms with E-state index < -0.39 is 5.97 Å². The Bertz CT molecular complexity index is 835. The second kappa shape index (κ2) is 7.54. The number of hydrogen-bond donors (Lipinski definition) is 0. The van der Waals surface area contributed by atoms with Crippen molar-refractivity contribution in [1.29, 1.82) is 0 Å². The number of thiophene rings is 1. The highest BCUT2D eigenvalue weighted by Crippen LogP contribution is 2.25. The summed E-state index contributed by atoms with van der Waals surface area (Å²) < 4.78 is 11.2. The quantitative estimate of drug-likeness (QED) is 0.583. The first-order valence-electron chi connectivity index (χ1n) is 6.94. The molecule has 0 radical (unpaired) electrons. The van der Waals surface area contributed by atoms with E-state index in [1.807, 2.05) is 29.0 Å². The first-order valence-corrected chi connectivity index (χ1v) is 8.67. The number of esters is 1. The minimum absolute atomic E-state index is 0.0888. The van der Waals surface area contributed by atoms with E-state index in [0.29, 0.717) is 5.82 Å². The van der Waals surface area contributed by atoms with Crippen LogP contribution < -0.4 is 4.74 Å². The van der Waals surface area contributed by atoms with Crippen molar-refractivity contribution < 1.29 is 14.3 Å². The van der Waals surface area contributed by atoms with E-state index in [0.717, 1.165) is 21.3 Å². The van der Waals surface area contributed by atoms with Crippen LogP contribution in [0.3, 0.4) is 0 Å². The number of nitrogens with zero attached hydrogens (tertiary/aromatic N) is 4. The van der Waals surface area contributed by atoms with Gasteiger partial charge in [0, 0.05) is 10.9 Å². The van der Waals surface area contributed by atoms with Crippen molar-refractivity contribution in [2.45, 2.75) is 13.2 Å². The fourth-order valence-corrected chi connectivity index (χ4v) is 3.16. The van der Waals surface area contributed by atoms with E-state index >= 15 is 0 Å². The van der Waals surface area contributed by atoms with E-state index in [1.165, 1.54) is 4.80 Å². The van der Waals surface area contributed by atoms with Gasteiger partial charge in [0.1, 0.15) is 12.4 Å². The van der Waals surface area contributed by atoms with Gasteiger partial charge in [0.05, 0.1) is 11.6 Å². The van der Waals surface area contributed by atoms with Gasteiger partial charge in [-0.2, -0.15) is 16.1 Å². The van der Waals surface area contributed by atoms with E-state index in [9.17, 15) is 4.79 Å². The predicted molar refractivity (Wildman–Crippen MR) is 91.6 cm³/mol. The van der Waals surface area contributed by atoms with Crippen LogP contribution in [0.1, 0.15) is 5.56 Å². The molecule has 2 heterocycles. The lowest BCUT2D eigenvalue weighted by Gasteiger charge is -2.07. The highest BCUT2D eigenvalue weighted by Gasteiger charge is 2.11. The standard InChI is InChI=1S/C15H13BrN4O3S/c1-22-13-3-2-10(6-12(13)16)8-23-14(21)7-20-18-15(17-19-20)11-4-5-24-9-11/h2-6,9H,7-8H2,1H3. The average molecular weight is 409 g/mol. The van der Waals surface area contributed by atoms with Crippen molar-refractivity contribution >= 4 is 33.2 Å². The summed E-state index contributed by atoms with van der Waals surface area (Å²) in [6.07, 6.45) is 0. The van der Waals surface area contributed by atoms with Gasteiger partial charge in [-0.25, -0.2) is 4.79 Å². The molecule has 0 spiro atoms. The maximum Gasteiger partial charge on any atom is 0.330 e. The molecule has 0 amide bonds. The van der Waals surface area contributed by atoms with Crippen molar-refractivity contribution in [2.75, 3.05) is 7.11 Å². The molecule has 124 valence electrons. The molecule has 0 unspecified atom stereocenters. The lowest BCUT2D eigenvalue weighted by atomic mass is 10.2. The van der Waals surface area contributed by atoms with E-state index in [1.54, 1.807) is 24.5 Å². The fourth-order valence-electron chi connectivity index (χ4n) is 1.94. The highest BCUT2D eigenvalue weighted by atomic mass is 79.9. The zero-order valence-electron chi connectivity index (χ0n) is 12.7. The molecule has 3 rings (SSSR count). The van der Waals surface area contributed by atoms with Crippen molar-refractivity contribution in [3.8, 4) is 17.1 Å². The summed E-state index contributed by atoms with van der Waals surface area (Å²) in [5, 5.41) is 15.8. The molecule has 0 saturated carbocycles. The lowest BCUT2D eigenvalue weighted by molar-refractivity contribution is -0.146. The van der Waals surface area contributed by atoms with Gasteiger partial charge in [0.15, 0.2) is 6.54 Å². The van der Waals surface area contributed by atoms with Gasteiger partial charge in [-0.1, -0.05) is 6.07 Å². The molecule has 2 aromatic heterocycles. The Morgan fingerprint density at radius 3 is 2.96 bits per heavy atom. The largest absolute Gasteiger partial charge is 0.496 e. The normalized spacial score (nSPS) is 10.6.